The van der Waals surface area contributed by atoms with Gasteiger partial charge in [0.05, 0.1) is 16.8 Å². The van der Waals surface area contributed by atoms with Gasteiger partial charge in [0, 0.05) is 0 Å². The van der Waals surface area contributed by atoms with Crippen molar-refractivity contribution in [2.45, 2.75) is 30.4 Å². The molecule has 0 spiro atoms. The van der Waals surface area contributed by atoms with E-state index in [4.69, 9.17) is 5.11 Å². The van der Waals surface area contributed by atoms with Crippen LogP contribution in [0.25, 0.3) is 0 Å². The molecule has 3 nitrogen and oxygen atoms in total. The van der Waals surface area contributed by atoms with Crippen molar-refractivity contribution < 1.29 is 13.5 Å². The van der Waals surface area contributed by atoms with Gasteiger partial charge in [0.1, 0.15) is 0 Å². The lowest BCUT2D eigenvalue weighted by Crippen LogP contribution is -2.24. The van der Waals surface area contributed by atoms with Gasteiger partial charge in [-0.05, 0) is 25.5 Å². The van der Waals surface area contributed by atoms with Gasteiger partial charge in [-0.2, -0.15) is 0 Å². The van der Waals surface area contributed by atoms with Gasteiger partial charge >= 0.3 is 0 Å². The van der Waals surface area contributed by atoms with Crippen LogP contribution < -0.4 is 0 Å². The van der Waals surface area contributed by atoms with Crippen molar-refractivity contribution in [1.82, 2.24) is 0 Å². The SMILES string of the molecule is CCC(CO)S(=O)(=O)c1ccc(C)cc1. The van der Waals surface area contributed by atoms with E-state index in [-0.39, 0.29) is 11.5 Å². The summed E-state index contributed by atoms with van der Waals surface area (Å²) in [6, 6.07) is 6.69. The van der Waals surface area contributed by atoms with Crippen LogP contribution >= 0.6 is 0 Å². The number of benzene rings is 1. The third kappa shape index (κ3) is 2.58. The van der Waals surface area contributed by atoms with E-state index in [0.29, 0.717) is 6.42 Å². The zero-order valence-corrected chi connectivity index (χ0v) is 9.79. The average molecular weight is 228 g/mol. The molecular weight excluding hydrogens is 212 g/mol. The fourth-order valence-electron chi connectivity index (χ4n) is 1.37. The van der Waals surface area contributed by atoms with Crippen LogP contribution in [0.1, 0.15) is 18.9 Å². The zero-order valence-electron chi connectivity index (χ0n) is 8.97. The fraction of sp³-hybridized carbons (Fsp3) is 0.455. The molecule has 0 saturated heterocycles. The number of hydrogen-bond donors (Lipinski definition) is 1. The van der Waals surface area contributed by atoms with Crippen LogP contribution in [0.15, 0.2) is 29.2 Å². The molecule has 1 rings (SSSR count). The first-order valence-electron chi connectivity index (χ1n) is 4.93. The Bertz CT molecular complexity index is 402. The van der Waals surface area contributed by atoms with Crippen LogP contribution in [0, 0.1) is 6.92 Å². The Hall–Kier alpha value is -0.870. The lowest BCUT2D eigenvalue weighted by atomic mass is 10.2. The van der Waals surface area contributed by atoms with Crippen LogP contribution in [0.2, 0.25) is 0 Å². The topological polar surface area (TPSA) is 54.4 Å². The van der Waals surface area contributed by atoms with Gasteiger partial charge in [-0.15, -0.1) is 0 Å². The second-order valence-corrected chi connectivity index (χ2v) is 5.80. The van der Waals surface area contributed by atoms with E-state index in [1.807, 2.05) is 6.92 Å². The van der Waals surface area contributed by atoms with Gasteiger partial charge in [-0.3, -0.25) is 0 Å². The molecule has 0 aliphatic rings. The molecule has 4 heteroatoms. The quantitative estimate of drug-likeness (QED) is 0.850. The van der Waals surface area contributed by atoms with E-state index < -0.39 is 15.1 Å². The van der Waals surface area contributed by atoms with Gasteiger partial charge in [-0.1, -0.05) is 24.6 Å². The molecule has 1 unspecified atom stereocenters. The summed E-state index contributed by atoms with van der Waals surface area (Å²) in [6.45, 7) is 3.33. The predicted molar refractivity (Wildman–Crippen MR) is 59.5 cm³/mol. The molecule has 0 amide bonds. The number of rotatable bonds is 4. The molecule has 0 aliphatic heterocycles. The monoisotopic (exact) mass is 228 g/mol. The van der Waals surface area contributed by atoms with Gasteiger partial charge in [-0.25, -0.2) is 8.42 Å². The Labute approximate surface area is 90.7 Å². The van der Waals surface area contributed by atoms with Crippen molar-refractivity contribution in [3.05, 3.63) is 29.8 Å². The van der Waals surface area contributed by atoms with Gasteiger partial charge in [0.15, 0.2) is 9.84 Å². The molecule has 0 fully saturated rings. The smallest absolute Gasteiger partial charge is 0.183 e. The highest BCUT2D eigenvalue weighted by molar-refractivity contribution is 7.92. The van der Waals surface area contributed by atoms with E-state index in [1.165, 1.54) is 0 Å². The molecule has 15 heavy (non-hydrogen) atoms. The van der Waals surface area contributed by atoms with Crippen LogP contribution in [-0.4, -0.2) is 25.4 Å². The first kappa shape index (κ1) is 12.2. The Morgan fingerprint density at radius 1 is 1.27 bits per heavy atom. The molecule has 1 N–H and O–H groups in total. The molecule has 0 aromatic heterocycles. The van der Waals surface area contributed by atoms with Crippen molar-refractivity contribution in [2.24, 2.45) is 0 Å². The molecule has 0 aliphatic carbocycles. The summed E-state index contributed by atoms with van der Waals surface area (Å²) in [6.07, 6.45) is 0.423. The maximum absolute atomic E-state index is 11.9. The third-order valence-electron chi connectivity index (χ3n) is 2.45. The van der Waals surface area contributed by atoms with Crippen molar-refractivity contribution >= 4 is 9.84 Å². The highest BCUT2D eigenvalue weighted by Gasteiger charge is 2.24. The molecule has 1 atom stereocenters. The Balaban J connectivity index is 3.11. The molecule has 0 heterocycles. The van der Waals surface area contributed by atoms with Gasteiger partial charge < -0.3 is 5.11 Å². The van der Waals surface area contributed by atoms with Crippen molar-refractivity contribution in [2.75, 3.05) is 6.61 Å². The molecule has 84 valence electrons. The molecule has 0 saturated carbocycles. The Kier molecular flexibility index (Phi) is 3.88. The van der Waals surface area contributed by atoms with E-state index in [9.17, 15) is 8.42 Å². The third-order valence-corrected chi connectivity index (χ3v) is 4.74. The van der Waals surface area contributed by atoms with Gasteiger partial charge in [0.2, 0.25) is 0 Å². The van der Waals surface area contributed by atoms with Crippen molar-refractivity contribution in [3.63, 3.8) is 0 Å². The van der Waals surface area contributed by atoms with Gasteiger partial charge in [0.25, 0.3) is 0 Å². The maximum atomic E-state index is 11.9. The minimum atomic E-state index is -3.37. The predicted octanol–water partition coefficient (Wildman–Crippen LogP) is 1.54. The first-order chi connectivity index (χ1) is 7.02. The number of aliphatic hydroxyl groups excluding tert-OH is 1. The summed E-state index contributed by atoms with van der Waals surface area (Å²) in [5.41, 5.74) is 1.02. The molecule has 0 radical (unpaired) electrons. The highest BCUT2D eigenvalue weighted by atomic mass is 32.2. The van der Waals surface area contributed by atoms with E-state index in [2.05, 4.69) is 0 Å². The summed E-state index contributed by atoms with van der Waals surface area (Å²) in [5, 5.41) is 8.30. The number of aryl methyl sites for hydroxylation is 1. The molecular formula is C11H16O3S. The standard InChI is InChI=1S/C11H16O3S/c1-3-10(8-12)15(13,14)11-6-4-9(2)5-7-11/h4-7,10,12H,3,8H2,1-2H3. The number of sulfone groups is 1. The van der Waals surface area contributed by atoms with Crippen LogP contribution in [0.4, 0.5) is 0 Å². The number of aliphatic hydroxyl groups is 1. The van der Waals surface area contributed by atoms with E-state index in [1.54, 1.807) is 31.2 Å². The maximum Gasteiger partial charge on any atom is 0.183 e. The molecule has 1 aromatic rings. The lowest BCUT2D eigenvalue weighted by molar-refractivity contribution is 0.287. The van der Waals surface area contributed by atoms with Crippen molar-refractivity contribution in [1.29, 1.82) is 0 Å². The van der Waals surface area contributed by atoms with Crippen LogP contribution in [0.3, 0.4) is 0 Å². The second kappa shape index (κ2) is 4.77. The summed E-state index contributed by atoms with van der Waals surface area (Å²) in [5.74, 6) is 0. The first-order valence-corrected chi connectivity index (χ1v) is 6.48. The molecule has 1 aromatic carbocycles. The average Bonchev–Trinajstić information content (AvgIpc) is 2.19. The summed E-state index contributed by atoms with van der Waals surface area (Å²) in [7, 11) is -3.37. The summed E-state index contributed by atoms with van der Waals surface area (Å²) < 4.78 is 23.9. The zero-order chi connectivity index (χ0) is 11.5. The van der Waals surface area contributed by atoms with E-state index >= 15 is 0 Å². The summed E-state index contributed by atoms with van der Waals surface area (Å²) >= 11 is 0. The number of hydrogen-bond acceptors (Lipinski definition) is 3. The minimum Gasteiger partial charge on any atom is -0.395 e. The van der Waals surface area contributed by atoms with Crippen LogP contribution in [-0.2, 0) is 9.84 Å². The Morgan fingerprint density at radius 2 is 1.80 bits per heavy atom. The summed E-state index contributed by atoms with van der Waals surface area (Å²) in [4.78, 5) is 0.286. The highest BCUT2D eigenvalue weighted by Crippen LogP contribution is 2.18. The fourth-order valence-corrected chi connectivity index (χ4v) is 2.90. The van der Waals surface area contributed by atoms with Crippen LogP contribution in [0.5, 0.6) is 0 Å². The largest absolute Gasteiger partial charge is 0.395 e. The lowest BCUT2D eigenvalue weighted by Gasteiger charge is -2.12. The molecule has 0 bridgehead atoms. The normalized spacial score (nSPS) is 13.8. The second-order valence-electron chi connectivity index (χ2n) is 3.57. The van der Waals surface area contributed by atoms with E-state index in [0.717, 1.165) is 5.56 Å². The van der Waals surface area contributed by atoms with Crippen molar-refractivity contribution in [3.8, 4) is 0 Å². The minimum absolute atomic E-state index is 0.286. The Morgan fingerprint density at radius 3 is 2.20 bits per heavy atom.